The van der Waals surface area contributed by atoms with E-state index in [-0.39, 0.29) is 16.6 Å². The first-order valence-corrected chi connectivity index (χ1v) is 9.04. The van der Waals surface area contributed by atoms with Crippen LogP contribution in [0.25, 0.3) is 0 Å². The van der Waals surface area contributed by atoms with Crippen LogP contribution in [0, 0.1) is 6.92 Å². The maximum atomic E-state index is 12.3. The lowest BCUT2D eigenvalue weighted by Gasteiger charge is -2.35. The number of ether oxygens (including phenoxy) is 1. The highest BCUT2D eigenvalue weighted by Crippen LogP contribution is 2.40. The lowest BCUT2D eigenvalue weighted by atomic mass is 9.81. The molecule has 21 heavy (non-hydrogen) atoms. The molecule has 2 aliphatic rings. The van der Waals surface area contributed by atoms with Crippen molar-refractivity contribution in [3.05, 3.63) is 29.8 Å². The molecule has 4 nitrogen and oxygen atoms in total. The van der Waals surface area contributed by atoms with Crippen LogP contribution in [0.3, 0.4) is 0 Å². The third-order valence-electron chi connectivity index (χ3n) is 4.60. The Morgan fingerprint density at radius 1 is 1.14 bits per heavy atom. The van der Waals surface area contributed by atoms with Crippen LogP contribution in [0.1, 0.15) is 44.1 Å². The van der Waals surface area contributed by atoms with E-state index in [0.29, 0.717) is 0 Å². The SMILES string of the molecule is Cc1ccc(S(=O)(=O)OC2CCC3(CCCO3)CC2)cc1. The first kappa shape index (κ1) is 15.0. The molecule has 1 aliphatic heterocycles. The van der Waals surface area contributed by atoms with Crippen LogP contribution < -0.4 is 0 Å². The molecule has 1 saturated carbocycles. The van der Waals surface area contributed by atoms with Crippen molar-refractivity contribution < 1.29 is 17.3 Å². The Morgan fingerprint density at radius 2 is 1.81 bits per heavy atom. The Kier molecular flexibility index (Phi) is 4.08. The molecule has 1 spiro atoms. The zero-order chi connectivity index (χ0) is 14.9. The smallest absolute Gasteiger partial charge is 0.297 e. The van der Waals surface area contributed by atoms with Crippen molar-refractivity contribution in [1.29, 1.82) is 0 Å². The molecule has 1 saturated heterocycles. The zero-order valence-electron chi connectivity index (χ0n) is 12.4. The van der Waals surface area contributed by atoms with Gasteiger partial charge in [0.2, 0.25) is 0 Å². The summed E-state index contributed by atoms with van der Waals surface area (Å²) in [7, 11) is -3.65. The minimum absolute atomic E-state index is 0.00742. The van der Waals surface area contributed by atoms with E-state index in [4.69, 9.17) is 8.92 Å². The number of rotatable bonds is 3. The van der Waals surface area contributed by atoms with E-state index in [1.54, 1.807) is 24.3 Å². The Bertz CT molecular complexity index is 575. The highest BCUT2D eigenvalue weighted by atomic mass is 32.2. The molecular weight excluding hydrogens is 288 g/mol. The van der Waals surface area contributed by atoms with Crippen LogP contribution in [0.2, 0.25) is 0 Å². The molecular formula is C16H22O4S. The van der Waals surface area contributed by atoms with E-state index in [9.17, 15) is 8.42 Å². The fourth-order valence-corrected chi connectivity index (χ4v) is 4.43. The average molecular weight is 310 g/mol. The van der Waals surface area contributed by atoms with E-state index >= 15 is 0 Å². The molecule has 116 valence electrons. The number of benzene rings is 1. The topological polar surface area (TPSA) is 52.6 Å². The molecule has 0 amide bonds. The van der Waals surface area contributed by atoms with Gasteiger partial charge in [0, 0.05) is 6.61 Å². The summed E-state index contributed by atoms with van der Waals surface area (Å²) in [5.74, 6) is 0. The third-order valence-corrected chi connectivity index (χ3v) is 5.98. The van der Waals surface area contributed by atoms with Gasteiger partial charge in [-0.3, -0.25) is 4.18 Å². The molecule has 0 atom stereocenters. The second-order valence-electron chi connectivity index (χ2n) is 6.20. The Labute approximate surface area is 126 Å². The Hall–Kier alpha value is -0.910. The van der Waals surface area contributed by atoms with Gasteiger partial charge in [-0.1, -0.05) is 17.7 Å². The van der Waals surface area contributed by atoms with Crippen LogP contribution in [0.5, 0.6) is 0 Å². The quantitative estimate of drug-likeness (QED) is 0.805. The monoisotopic (exact) mass is 310 g/mol. The van der Waals surface area contributed by atoms with Gasteiger partial charge in [0.05, 0.1) is 16.6 Å². The van der Waals surface area contributed by atoms with Gasteiger partial charge in [0.25, 0.3) is 10.1 Å². The second-order valence-corrected chi connectivity index (χ2v) is 7.77. The highest BCUT2D eigenvalue weighted by Gasteiger charge is 2.40. The summed E-state index contributed by atoms with van der Waals surface area (Å²) in [5, 5.41) is 0. The molecule has 1 aromatic rings. The van der Waals surface area contributed by atoms with Gasteiger partial charge in [-0.05, 0) is 57.6 Å². The summed E-state index contributed by atoms with van der Waals surface area (Å²) in [6.45, 7) is 2.77. The van der Waals surface area contributed by atoms with Crippen molar-refractivity contribution in [2.75, 3.05) is 6.61 Å². The Balaban J connectivity index is 1.63. The minimum Gasteiger partial charge on any atom is -0.375 e. The van der Waals surface area contributed by atoms with Gasteiger partial charge in [-0.2, -0.15) is 8.42 Å². The fraction of sp³-hybridized carbons (Fsp3) is 0.625. The van der Waals surface area contributed by atoms with Gasteiger partial charge in [0.15, 0.2) is 0 Å². The van der Waals surface area contributed by atoms with Gasteiger partial charge in [-0.15, -0.1) is 0 Å². The van der Waals surface area contributed by atoms with Gasteiger partial charge < -0.3 is 4.74 Å². The molecule has 1 aliphatic carbocycles. The van der Waals surface area contributed by atoms with Crippen LogP contribution in [0.15, 0.2) is 29.2 Å². The molecule has 5 heteroatoms. The van der Waals surface area contributed by atoms with Crippen molar-refractivity contribution in [2.45, 2.75) is 62.0 Å². The maximum Gasteiger partial charge on any atom is 0.297 e. The van der Waals surface area contributed by atoms with Crippen LogP contribution in [-0.4, -0.2) is 26.7 Å². The molecule has 0 radical (unpaired) electrons. The lowest BCUT2D eigenvalue weighted by molar-refractivity contribution is -0.0455. The first-order chi connectivity index (χ1) is 9.99. The van der Waals surface area contributed by atoms with E-state index in [1.165, 1.54) is 0 Å². The summed E-state index contributed by atoms with van der Waals surface area (Å²) in [4.78, 5) is 0.241. The van der Waals surface area contributed by atoms with Crippen molar-refractivity contribution in [3.63, 3.8) is 0 Å². The summed E-state index contributed by atoms with van der Waals surface area (Å²) in [5.41, 5.74) is 1.04. The van der Waals surface area contributed by atoms with Crippen LogP contribution in [0.4, 0.5) is 0 Å². The number of hydrogen-bond donors (Lipinski definition) is 0. The zero-order valence-corrected chi connectivity index (χ0v) is 13.2. The highest BCUT2D eigenvalue weighted by molar-refractivity contribution is 7.86. The predicted octanol–water partition coefficient (Wildman–Crippen LogP) is 3.19. The molecule has 2 fully saturated rings. The number of aryl methyl sites for hydroxylation is 1. The van der Waals surface area contributed by atoms with Crippen molar-refractivity contribution in [1.82, 2.24) is 0 Å². The van der Waals surface area contributed by atoms with Crippen LogP contribution in [-0.2, 0) is 19.0 Å². The third kappa shape index (κ3) is 3.30. The van der Waals surface area contributed by atoms with E-state index in [1.807, 2.05) is 6.92 Å². The summed E-state index contributed by atoms with van der Waals surface area (Å²) < 4.78 is 35.8. The van der Waals surface area contributed by atoms with Crippen molar-refractivity contribution in [3.8, 4) is 0 Å². The molecule has 3 rings (SSSR count). The molecule has 0 bridgehead atoms. The molecule has 1 aromatic carbocycles. The normalized spacial score (nSPS) is 29.9. The second kappa shape index (κ2) is 5.71. The molecule has 0 unspecified atom stereocenters. The molecule has 0 N–H and O–H groups in total. The minimum atomic E-state index is -3.65. The van der Waals surface area contributed by atoms with E-state index in [2.05, 4.69) is 0 Å². The van der Waals surface area contributed by atoms with E-state index < -0.39 is 10.1 Å². The van der Waals surface area contributed by atoms with Gasteiger partial charge >= 0.3 is 0 Å². The molecule has 1 heterocycles. The summed E-state index contributed by atoms with van der Waals surface area (Å²) >= 11 is 0. The van der Waals surface area contributed by atoms with Gasteiger partial charge in [-0.25, -0.2) is 0 Å². The van der Waals surface area contributed by atoms with Crippen molar-refractivity contribution in [2.24, 2.45) is 0 Å². The Morgan fingerprint density at radius 3 is 2.38 bits per heavy atom. The van der Waals surface area contributed by atoms with Crippen LogP contribution >= 0.6 is 0 Å². The predicted molar refractivity (Wildman–Crippen MR) is 79.6 cm³/mol. The average Bonchev–Trinajstić information content (AvgIpc) is 2.90. The fourth-order valence-electron chi connectivity index (χ4n) is 3.30. The van der Waals surface area contributed by atoms with Gasteiger partial charge in [0.1, 0.15) is 0 Å². The first-order valence-electron chi connectivity index (χ1n) is 7.63. The standard InChI is InChI=1S/C16H22O4S/c1-13-3-5-15(6-4-13)21(17,18)20-14-7-10-16(11-8-14)9-2-12-19-16/h3-6,14H,2,7-12H2,1H3. The molecule has 0 aromatic heterocycles. The lowest BCUT2D eigenvalue weighted by Crippen LogP contribution is -2.36. The summed E-state index contributed by atoms with van der Waals surface area (Å²) in [6.07, 6.45) is 5.32. The maximum absolute atomic E-state index is 12.3. The van der Waals surface area contributed by atoms with Crippen molar-refractivity contribution >= 4 is 10.1 Å². The van der Waals surface area contributed by atoms with E-state index in [0.717, 1.165) is 50.7 Å². The largest absolute Gasteiger partial charge is 0.375 e. The summed E-state index contributed by atoms with van der Waals surface area (Å²) in [6, 6.07) is 6.79. The number of hydrogen-bond acceptors (Lipinski definition) is 4.